The minimum Gasteiger partial charge on any atom is -0.409 e. The number of nitrogens with two attached hydrogens (primary N) is 1. The first-order valence-corrected chi connectivity index (χ1v) is 5.91. The summed E-state index contributed by atoms with van der Waals surface area (Å²) in [7, 11) is 2.13. The first kappa shape index (κ1) is 15.2. The van der Waals surface area contributed by atoms with Crippen LogP contribution in [0.4, 0.5) is 0 Å². The van der Waals surface area contributed by atoms with Crippen molar-refractivity contribution in [2.24, 2.45) is 10.9 Å². The summed E-state index contributed by atoms with van der Waals surface area (Å²) in [6.07, 6.45) is 1.74. The second kappa shape index (κ2) is 8.35. The Balaban J connectivity index is 3.65. The number of hydrogen-bond acceptors (Lipinski definition) is 4. The van der Waals surface area contributed by atoms with Crippen molar-refractivity contribution in [2.75, 3.05) is 20.1 Å². The predicted molar refractivity (Wildman–Crippen MR) is 67.9 cm³/mol. The summed E-state index contributed by atoms with van der Waals surface area (Å²) in [5.41, 5.74) is 5.42. The van der Waals surface area contributed by atoms with Crippen LogP contribution in [0.5, 0.6) is 0 Å². The highest BCUT2D eigenvalue weighted by molar-refractivity contribution is 5.80. The van der Waals surface area contributed by atoms with Gasteiger partial charge in [0.05, 0.1) is 0 Å². The van der Waals surface area contributed by atoms with Gasteiger partial charge in [0.2, 0.25) is 0 Å². The predicted octanol–water partition coefficient (Wildman–Crippen LogP) is 0.831. The molecule has 0 aliphatic heterocycles. The molecule has 5 nitrogen and oxygen atoms in total. The van der Waals surface area contributed by atoms with E-state index in [2.05, 4.69) is 36.3 Å². The van der Waals surface area contributed by atoms with Crippen LogP contribution in [-0.2, 0) is 0 Å². The maximum atomic E-state index is 8.43. The molecule has 0 heterocycles. The second-order valence-corrected chi connectivity index (χ2v) is 4.39. The molecule has 0 radical (unpaired) electrons. The van der Waals surface area contributed by atoms with E-state index in [9.17, 15) is 0 Å². The molecule has 0 aromatic carbocycles. The topological polar surface area (TPSA) is 73.9 Å². The molecule has 0 aliphatic carbocycles. The van der Waals surface area contributed by atoms with Gasteiger partial charge in [0.1, 0.15) is 5.84 Å². The normalized spacial score (nSPS) is 16.4. The molecule has 0 aromatic heterocycles. The van der Waals surface area contributed by atoms with Gasteiger partial charge < -0.3 is 21.2 Å². The molecule has 0 amide bonds. The molecule has 0 saturated heterocycles. The number of nitrogens with zero attached hydrogens (tertiary/aromatic N) is 2. The van der Waals surface area contributed by atoms with E-state index in [0.717, 1.165) is 19.5 Å². The molecule has 0 aromatic rings. The van der Waals surface area contributed by atoms with Gasteiger partial charge in [-0.2, -0.15) is 0 Å². The van der Waals surface area contributed by atoms with E-state index in [4.69, 9.17) is 10.9 Å². The summed E-state index contributed by atoms with van der Waals surface area (Å²) in [5.74, 6) is 0.273. The van der Waals surface area contributed by atoms with Gasteiger partial charge in [-0.1, -0.05) is 12.1 Å². The number of hydrogen-bond donors (Lipinski definition) is 3. The fourth-order valence-electron chi connectivity index (χ4n) is 1.45. The molecular weight excluding hydrogens is 204 g/mol. The molecule has 0 bridgehead atoms. The molecule has 0 spiro atoms. The van der Waals surface area contributed by atoms with E-state index in [1.54, 1.807) is 0 Å². The lowest BCUT2D eigenvalue weighted by molar-refractivity contribution is 0.249. The summed E-state index contributed by atoms with van der Waals surface area (Å²) < 4.78 is 0. The summed E-state index contributed by atoms with van der Waals surface area (Å²) in [5, 5.41) is 14.7. The second-order valence-electron chi connectivity index (χ2n) is 4.39. The minimum absolute atomic E-state index is 0.237. The van der Waals surface area contributed by atoms with Crippen LogP contribution in [0.2, 0.25) is 0 Å². The molecule has 0 saturated carbocycles. The summed E-state index contributed by atoms with van der Waals surface area (Å²) in [6, 6.07) is 0.849. The van der Waals surface area contributed by atoms with Gasteiger partial charge in [0, 0.05) is 31.6 Å². The monoisotopic (exact) mass is 230 g/mol. The lowest BCUT2D eigenvalue weighted by atomic mass is 10.2. The van der Waals surface area contributed by atoms with Crippen LogP contribution in [0.3, 0.4) is 0 Å². The zero-order chi connectivity index (χ0) is 12.6. The Bertz CT molecular complexity index is 208. The Hall–Kier alpha value is -0.810. The van der Waals surface area contributed by atoms with E-state index >= 15 is 0 Å². The van der Waals surface area contributed by atoms with E-state index in [-0.39, 0.29) is 11.9 Å². The highest BCUT2D eigenvalue weighted by Gasteiger charge is 2.07. The highest BCUT2D eigenvalue weighted by Crippen LogP contribution is 1.98. The van der Waals surface area contributed by atoms with E-state index < -0.39 is 0 Å². The van der Waals surface area contributed by atoms with Crippen molar-refractivity contribution in [3.63, 3.8) is 0 Å². The van der Waals surface area contributed by atoms with Gasteiger partial charge >= 0.3 is 0 Å². The zero-order valence-electron chi connectivity index (χ0n) is 10.9. The van der Waals surface area contributed by atoms with Crippen molar-refractivity contribution in [2.45, 2.75) is 45.7 Å². The van der Waals surface area contributed by atoms with Crippen LogP contribution >= 0.6 is 0 Å². The summed E-state index contributed by atoms with van der Waals surface area (Å²) in [6.45, 7) is 8.37. The maximum absolute atomic E-state index is 8.43. The molecule has 2 atom stereocenters. The number of likely N-dealkylation sites (N-methyl/N-ethyl adjacent to an activating group) is 1. The van der Waals surface area contributed by atoms with Gasteiger partial charge in [-0.15, -0.1) is 0 Å². The van der Waals surface area contributed by atoms with Crippen LogP contribution in [-0.4, -0.2) is 48.2 Å². The zero-order valence-corrected chi connectivity index (χ0v) is 10.9. The average molecular weight is 230 g/mol. The number of rotatable bonds is 8. The van der Waals surface area contributed by atoms with Crippen LogP contribution in [0.1, 0.15) is 33.6 Å². The Kier molecular flexibility index (Phi) is 7.93. The Morgan fingerprint density at radius 2 is 2.12 bits per heavy atom. The maximum Gasteiger partial charge on any atom is 0.140 e. The Morgan fingerprint density at radius 1 is 1.50 bits per heavy atom. The van der Waals surface area contributed by atoms with Crippen molar-refractivity contribution < 1.29 is 5.21 Å². The quantitative estimate of drug-likeness (QED) is 0.250. The first-order chi connectivity index (χ1) is 7.51. The largest absolute Gasteiger partial charge is 0.409 e. The third kappa shape index (κ3) is 6.63. The van der Waals surface area contributed by atoms with Crippen molar-refractivity contribution >= 4 is 5.84 Å². The van der Waals surface area contributed by atoms with E-state index in [1.165, 1.54) is 0 Å². The van der Waals surface area contributed by atoms with Crippen molar-refractivity contribution in [3.05, 3.63) is 0 Å². The van der Waals surface area contributed by atoms with Crippen LogP contribution < -0.4 is 11.1 Å². The standard InChI is InChI=1S/C11H26N4O/c1-5-10(3)15(4)7-6-13-9(2)8-11(12)14-16/h9-10,13,16H,5-8H2,1-4H3,(H2,12,14). The third-order valence-electron chi connectivity index (χ3n) is 2.94. The molecule has 0 aliphatic rings. The van der Waals surface area contributed by atoms with E-state index in [0.29, 0.717) is 12.5 Å². The lowest BCUT2D eigenvalue weighted by Crippen LogP contribution is -2.39. The number of nitrogens with one attached hydrogen (secondary N) is 1. The fourth-order valence-corrected chi connectivity index (χ4v) is 1.45. The van der Waals surface area contributed by atoms with Crippen molar-refractivity contribution in [1.82, 2.24) is 10.2 Å². The highest BCUT2D eigenvalue weighted by atomic mass is 16.4. The van der Waals surface area contributed by atoms with Gasteiger partial charge in [-0.25, -0.2) is 0 Å². The molecule has 0 rings (SSSR count). The smallest absolute Gasteiger partial charge is 0.140 e. The third-order valence-corrected chi connectivity index (χ3v) is 2.94. The van der Waals surface area contributed by atoms with E-state index in [1.807, 2.05) is 6.92 Å². The number of oxime groups is 1. The Labute approximate surface area is 98.7 Å². The molecule has 2 unspecified atom stereocenters. The van der Waals surface area contributed by atoms with Gasteiger partial charge in [0.15, 0.2) is 0 Å². The van der Waals surface area contributed by atoms with Gasteiger partial charge in [-0.3, -0.25) is 0 Å². The van der Waals surface area contributed by atoms with Crippen LogP contribution in [0.25, 0.3) is 0 Å². The first-order valence-electron chi connectivity index (χ1n) is 5.91. The molecule has 96 valence electrons. The molecule has 5 heteroatoms. The lowest BCUT2D eigenvalue weighted by Gasteiger charge is -2.24. The summed E-state index contributed by atoms with van der Waals surface area (Å²) >= 11 is 0. The molecular formula is C11H26N4O. The molecule has 0 fully saturated rings. The van der Waals surface area contributed by atoms with Crippen molar-refractivity contribution in [1.29, 1.82) is 0 Å². The van der Waals surface area contributed by atoms with Crippen LogP contribution in [0, 0.1) is 0 Å². The van der Waals surface area contributed by atoms with Gasteiger partial charge in [-0.05, 0) is 27.3 Å². The fraction of sp³-hybridized carbons (Fsp3) is 0.909. The molecule has 4 N–H and O–H groups in total. The number of amidine groups is 1. The van der Waals surface area contributed by atoms with Crippen molar-refractivity contribution in [3.8, 4) is 0 Å². The average Bonchev–Trinajstić information content (AvgIpc) is 2.27. The van der Waals surface area contributed by atoms with Crippen LogP contribution in [0.15, 0.2) is 5.16 Å². The molecule has 16 heavy (non-hydrogen) atoms. The summed E-state index contributed by atoms with van der Waals surface area (Å²) in [4.78, 5) is 2.32. The van der Waals surface area contributed by atoms with Gasteiger partial charge in [0.25, 0.3) is 0 Å². The Morgan fingerprint density at radius 3 is 2.62 bits per heavy atom. The minimum atomic E-state index is 0.237. The SMILES string of the molecule is CCC(C)N(C)CCNC(C)CC(N)=NO.